The average Bonchev–Trinajstić information content (AvgIpc) is 3.07. The van der Waals surface area contributed by atoms with Gasteiger partial charge < -0.3 is 10.6 Å². The summed E-state index contributed by atoms with van der Waals surface area (Å²) in [6.45, 7) is 0.773. The molecule has 2 heterocycles. The van der Waals surface area contributed by atoms with Gasteiger partial charge >= 0.3 is 0 Å². The monoisotopic (exact) mass is 367 g/mol. The second-order valence-electron chi connectivity index (χ2n) is 6.09. The van der Waals surface area contributed by atoms with Gasteiger partial charge in [-0.2, -0.15) is 4.31 Å². The van der Waals surface area contributed by atoms with Crippen molar-refractivity contribution in [1.29, 1.82) is 0 Å². The summed E-state index contributed by atoms with van der Waals surface area (Å²) in [4.78, 5) is 14.1. The number of carbonyl (C=O) groups is 1. The number of benzene rings is 2. The molecule has 0 aliphatic carbocycles. The Labute approximate surface area is 146 Å². The van der Waals surface area contributed by atoms with Crippen LogP contribution >= 0.6 is 12.4 Å². The highest BCUT2D eigenvalue weighted by atomic mass is 35.5. The number of nitrogens with two attached hydrogens (primary N) is 1. The van der Waals surface area contributed by atoms with Crippen LogP contribution in [0.3, 0.4) is 0 Å². The molecule has 6 nitrogen and oxygen atoms in total. The first-order chi connectivity index (χ1) is 10.9. The molecule has 128 valence electrons. The first-order valence-corrected chi connectivity index (χ1v) is 8.95. The van der Waals surface area contributed by atoms with Crippen LogP contribution in [0.1, 0.15) is 16.8 Å². The molecule has 2 aliphatic heterocycles. The fraction of sp³-hybridized carbons (Fsp3) is 0.312. The molecule has 8 heteroatoms. The Morgan fingerprint density at radius 2 is 1.96 bits per heavy atom. The Hall–Kier alpha value is -1.67. The van der Waals surface area contributed by atoms with Crippen LogP contribution in [0, 0.1) is 0 Å². The summed E-state index contributed by atoms with van der Waals surface area (Å²) in [5.74, 6) is -0.108. The zero-order chi connectivity index (χ0) is 16.4. The van der Waals surface area contributed by atoms with Crippen LogP contribution in [0.15, 0.2) is 35.2 Å². The van der Waals surface area contributed by atoms with Gasteiger partial charge in [-0.1, -0.05) is 12.1 Å². The standard InChI is InChI=1S/C16H17N3O3S.ClH/c1-18-13-5-6-14(23(21,22)19-8-7-10(17)9-19)11-3-2-4-12(15(11)13)16(18)20;/h2-6,10H,7-9,17H2,1H3;1H/t10-;/m1./s1. The number of nitrogens with zero attached hydrogens (tertiary/aromatic N) is 2. The van der Waals surface area contributed by atoms with Crippen molar-refractivity contribution in [3.05, 3.63) is 35.9 Å². The lowest BCUT2D eigenvalue weighted by Crippen LogP contribution is -2.32. The van der Waals surface area contributed by atoms with Crippen molar-refractivity contribution in [2.24, 2.45) is 5.73 Å². The molecule has 2 N–H and O–H groups in total. The van der Waals surface area contributed by atoms with Gasteiger partial charge in [-0.25, -0.2) is 8.42 Å². The van der Waals surface area contributed by atoms with Crippen molar-refractivity contribution in [2.45, 2.75) is 17.4 Å². The quantitative estimate of drug-likeness (QED) is 0.873. The van der Waals surface area contributed by atoms with Gasteiger partial charge in [-0.3, -0.25) is 4.79 Å². The predicted octanol–water partition coefficient (Wildman–Crippen LogP) is 1.57. The highest BCUT2D eigenvalue weighted by molar-refractivity contribution is 7.89. The molecular formula is C16H18ClN3O3S. The van der Waals surface area contributed by atoms with Gasteiger partial charge in [0.05, 0.1) is 10.6 Å². The summed E-state index contributed by atoms with van der Waals surface area (Å²) in [5, 5.41) is 1.31. The highest BCUT2D eigenvalue weighted by Gasteiger charge is 2.34. The topological polar surface area (TPSA) is 83.7 Å². The van der Waals surface area contributed by atoms with Gasteiger partial charge in [0, 0.05) is 42.5 Å². The third kappa shape index (κ3) is 2.23. The van der Waals surface area contributed by atoms with E-state index < -0.39 is 10.0 Å². The summed E-state index contributed by atoms with van der Waals surface area (Å²) in [7, 11) is -1.92. The second kappa shape index (κ2) is 5.70. The summed E-state index contributed by atoms with van der Waals surface area (Å²) in [6, 6.07) is 8.41. The number of hydrogen-bond donors (Lipinski definition) is 1. The molecule has 0 aromatic heterocycles. The molecule has 2 aromatic rings. The SMILES string of the molecule is CN1C(=O)c2cccc3c(S(=O)(=O)N4CC[C@@H](N)C4)ccc1c23.Cl. The van der Waals surface area contributed by atoms with Crippen molar-refractivity contribution >= 4 is 44.8 Å². The number of anilines is 1. The maximum atomic E-state index is 13.0. The molecule has 0 unspecified atom stereocenters. The second-order valence-corrected chi connectivity index (χ2v) is 7.99. The minimum Gasteiger partial charge on any atom is -0.326 e. The summed E-state index contributed by atoms with van der Waals surface area (Å²) in [5.41, 5.74) is 7.15. The zero-order valence-corrected chi connectivity index (χ0v) is 14.7. The molecule has 1 atom stereocenters. The van der Waals surface area contributed by atoms with Crippen LogP contribution in [-0.2, 0) is 10.0 Å². The largest absolute Gasteiger partial charge is 0.326 e. The van der Waals surface area contributed by atoms with Crippen LogP contribution < -0.4 is 10.6 Å². The van der Waals surface area contributed by atoms with E-state index in [9.17, 15) is 13.2 Å². The molecule has 0 radical (unpaired) electrons. The normalized spacial score (nSPS) is 20.7. The average molecular weight is 368 g/mol. The first kappa shape index (κ1) is 17.2. The van der Waals surface area contributed by atoms with Crippen LogP contribution in [0.5, 0.6) is 0 Å². The van der Waals surface area contributed by atoms with Gasteiger partial charge in [0.25, 0.3) is 5.91 Å². The van der Waals surface area contributed by atoms with E-state index in [-0.39, 0.29) is 29.3 Å². The Bertz CT molecular complexity index is 945. The molecule has 1 fully saturated rings. The van der Waals surface area contributed by atoms with Crippen molar-refractivity contribution in [1.82, 2.24) is 4.31 Å². The number of sulfonamides is 1. The fourth-order valence-electron chi connectivity index (χ4n) is 3.45. The molecule has 0 bridgehead atoms. The molecule has 2 aromatic carbocycles. The Balaban J connectivity index is 0.00000169. The van der Waals surface area contributed by atoms with E-state index in [0.29, 0.717) is 35.8 Å². The van der Waals surface area contributed by atoms with Crippen LogP contribution in [0.2, 0.25) is 0 Å². The smallest absolute Gasteiger partial charge is 0.258 e. The first-order valence-electron chi connectivity index (χ1n) is 7.51. The number of carbonyl (C=O) groups excluding carboxylic acids is 1. The van der Waals surface area contributed by atoms with E-state index in [1.807, 2.05) is 0 Å². The maximum absolute atomic E-state index is 13.0. The van der Waals surface area contributed by atoms with Crippen LogP contribution in [0.4, 0.5) is 5.69 Å². The fourth-order valence-corrected chi connectivity index (χ4v) is 5.15. The Kier molecular flexibility index (Phi) is 4.08. The van der Waals surface area contributed by atoms with Crippen molar-refractivity contribution in [3.8, 4) is 0 Å². The molecule has 0 spiro atoms. The lowest BCUT2D eigenvalue weighted by Gasteiger charge is -2.18. The summed E-state index contributed by atoms with van der Waals surface area (Å²) >= 11 is 0. The van der Waals surface area contributed by atoms with Gasteiger partial charge in [0.15, 0.2) is 0 Å². The summed E-state index contributed by atoms with van der Waals surface area (Å²) < 4.78 is 27.4. The van der Waals surface area contributed by atoms with Crippen LogP contribution in [0.25, 0.3) is 10.8 Å². The number of halogens is 1. The third-order valence-electron chi connectivity index (χ3n) is 4.68. The molecule has 0 saturated carbocycles. The molecule has 2 aliphatic rings. The zero-order valence-electron chi connectivity index (χ0n) is 13.1. The molecule has 24 heavy (non-hydrogen) atoms. The van der Waals surface area contributed by atoms with Gasteiger partial charge in [-0.15, -0.1) is 12.4 Å². The third-order valence-corrected chi connectivity index (χ3v) is 6.60. The minimum absolute atomic E-state index is 0. The highest BCUT2D eigenvalue weighted by Crippen LogP contribution is 2.40. The minimum atomic E-state index is -3.62. The van der Waals surface area contributed by atoms with Crippen LogP contribution in [-0.4, -0.2) is 44.8 Å². The summed E-state index contributed by atoms with van der Waals surface area (Å²) in [6.07, 6.45) is 0.668. The van der Waals surface area contributed by atoms with E-state index in [2.05, 4.69) is 0 Å². The Morgan fingerprint density at radius 3 is 2.62 bits per heavy atom. The van der Waals surface area contributed by atoms with E-state index in [4.69, 9.17) is 5.73 Å². The lowest BCUT2D eigenvalue weighted by atomic mass is 10.1. The molecule has 1 saturated heterocycles. The van der Waals surface area contributed by atoms with Gasteiger partial charge in [0.2, 0.25) is 10.0 Å². The van der Waals surface area contributed by atoms with E-state index in [1.165, 1.54) is 4.31 Å². The predicted molar refractivity (Wildman–Crippen MR) is 95.3 cm³/mol. The lowest BCUT2D eigenvalue weighted by molar-refractivity contribution is 0.0999. The van der Waals surface area contributed by atoms with Crippen molar-refractivity contribution < 1.29 is 13.2 Å². The van der Waals surface area contributed by atoms with E-state index >= 15 is 0 Å². The molecule has 1 amide bonds. The van der Waals surface area contributed by atoms with E-state index in [0.717, 1.165) is 5.69 Å². The van der Waals surface area contributed by atoms with E-state index in [1.54, 1.807) is 42.3 Å². The maximum Gasteiger partial charge on any atom is 0.258 e. The number of hydrogen-bond acceptors (Lipinski definition) is 4. The Morgan fingerprint density at radius 1 is 1.21 bits per heavy atom. The number of rotatable bonds is 2. The molecule has 4 rings (SSSR count). The molecular weight excluding hydrogens is 350 g/mol. The van der Waals surface area contributed by atoms with Gasteiger partial charge in [0.1, 0.15) is 0 Å². The number of amides is 1. The van der Waals surface area contributed by atoms with Gasteiger partial charge in [-0.05, 0) is 24.6 Å². The van der Waals surface area contributed by atoms with Crippen molar-refractivity contribution in [2.75, 3.05) is 25.0 Å². The van der Waals surface area contributed by atoms with Crippen molar-refractivity contribution in [3.63, 3.8) is 0 Å².